The van der Waals surface area contributed by atoms with E-state index in [0.29, 0.717) is 5.75 Å². The summed E-state index contributed by atoms with van der Waals surface area (Å²) in [6, 6.07) is 19.8. The molecule has 4 nitrogen and oxygen atoms in total. The number of rotatable bonds is 6. The van der Waals surface area contributed by atoms with Gasteiger partial charge in [0.05, 0.1) is 6.07 Å². The van der Waals surface area contributed by atoms with Crippen LogP contribution in [-0.2, 0) is 4.79 Å². The molecule has 2 atom stereocenters. The fourth-order valence-electron chi connectivity index (χ4n) is 2.27. The van der Waals surface area contributed by atoms with Gasteiger partial charge in [-0.3, -0.25) is 4.79 Å². The molecule has 0 aliphatic heterocycles. The van der Waals surface area contributed by atoms with Crippen molar-refractivity contribution in [1.82, 2.24) is 5.32 Å². The Labute approximate surface area is 149 Å². The van der Waals surface area contributed by atoms with Crippen LogP contribution in [0.2, 0.25) is 0 Å². The van der Waals surface area contributed by atoms with Crippen LogP contribution in [0.5, 0.6) is 5.75 Å². The highest BCUT2D eigenvalue weighted by Crippen LogP contribution is 2.23. The lowest BCUT2D eigenvalue weighted by Crippen LogP contribution is -2.52. The predicted octanol–water partition coefficient (Wildman–Crippen LogP) is 4.18. The third kappa shape index (κ3) is 4.60. The van der Waals surface area contributed by atoms with Gasteiger partial charge in [0.25, 0.3) is 5.91 Å². The first-order valence-electron chi connectivity index (χ1n) is 8.41. The van der Waals surface area contributed by atoms with Crippen molar-refractivity contribution in [3.63, 3.8) is 0 Å². The first-order chi connectivity index (χ1) is 11.9. The Kier molecular flexibility index (Phi) is 5.82. The Morgan fingerprint density at radius 2 is 1.60 bits per heavy atom. The summed E-state index contributed by atoms with van der Waals surface area (Å²) in [5.41, 5.74) is 1.30. The van der Waals surface area contributed by atoms with Crippen molar-refractivity contribution >= 4 is 5.91 Å². The predicted molar refractivity (Wildman–Crippen MR) is 99.0 cm³/mol. The first kappa shape index (κ1) is 18.5. The normalized spacial score (nSPS) is 14.2. The van der Waals surface area contributed by atoms with Gasteiger partial charge in [0.2, 0.25) is 0 Å². The molecule has 1 amide bonds. The third-order valence-electron chi connectivity index (χ3n) is 4.41. The number of nitrogens with one attached hydrogen (secondary N) is 1. The van der Waals surface area contributed by atoms with E-state index in [-0.39, 0.29) is 11.8 Å². The summed E-state index contributed by atoms with van der Waals surface area (Å²) in [6.07, 6.45) is -0.686. The summed E-state index contributed by atoms with van der Waals surface area (Å²) in [6.45, 7) is 7.20. The minimum absolute atomic E-state index is 0.00111. The lowest BCUT2D eigenvalue weighted by atomic mass is 9.90. The number of nitriles is 1. The Balaban J connectivity index is 2.02. The maximum atomic E-state index is 12.3. The molecule has 2 rings (SSSR count). The highest BCUT2D eigenvalue weighted by atomic mass is 16.5. The van der Waals surface area contributed by atoms with Crippen molar-refractivity contribution in [3.8, 4) is 22.9 Å². The lowest BCUT2D eigenvalue weighted by molar-refractivity contribution is -0.128. The molecule has 0 bridgehead atoms. The molecule has 0 saturated carbocycles. The molecule has 0 saturated heterocycles. The van der Waals surface area contributed by atoms with Gasteiger partial charge in [-0.2, -0.15) is 5.26 Å². The van der Waals surface area contributed by atoms with Crippen LogP contribution in [0, 0.1) is 17.2 Å². The van der Waals surface area contributed by atoms with Crippen molar-refractivity contribution in [2.24, 2.45) is 5.92 Å². The average molecular weight is 336 g/mol. The largest absolute Gasteiger partial charge is 0.481 e. The lowest BCUT2D eigenvalue weighted by Gasteiger charge is -2.28. The fourth-order valence-corrected chi connectivity index (χ4v) is 2.27. The van der Waals surface area contributed by atoms with Crippen LogP contribution in [0.3, 0.4) is 0 Å². The smallest absolute Gasteiger partial charge is 0.262 e. The molecular formula is C21H24N2O2. The van der Waals surface area contributed by atoms with Crippen LogP contribution in [-0.4, -0.2) is 17.6 Å². The molecule has 4 heteroatoms. The van der Waals surface area contributed by atoms with E-state index < -0.39 is 11.6 Å². The number of carbonyl (C=O) groups is 1. The zero-order valence-electron chi connectivity index (χ0n) is 15.1. The van der Waals surface area contributed by atoms with Gasteiger partial charge in [-0.25, -0.2) is 0 Å². The number of hydrogen-bond donors (Lipinski definition) is 1. The molecule has 0 radical (unpaired) electrons. The van der Waals surface area contributed by atoms with E-state index >= 15 is 0 Å². The SMILES string of the molecule is CC(Oc1ccc(-c2ccccc2)cc1)C(=O)NC(C)(C#N)C(C)C. The number of carbonyl (C=O) groups excluding carboxylic acids is 1. The standard InChI is InChI=1S/C21H24N2O2/c1-15(2)21(4,14-22)23-20(24)16(3)25-19-12-10-18(11-13-19)17-8-6-5-7-9-17/h5-13,15-16H,1-4H3,(H,23,24). The molecule has 1 N–H and O–H groups in total. The topological polar surface area (TPSA) is 62.1 Å². The number of benzene rings is 2. The quantitative estimate of drug-likeness (QED) is 0.861. The molecule has 0 aromatic heterocycles. The minimum Gasteiger partial charge on any atom is -0.481 e. The van der Waals surface area contributed by atoms with E-state index in [1.807, 2.05) is 68.4 Å². The van der Waals surface area contributed by atoms with Crippen molar-refractivity contribution in [2.45, 2.75) is 39.3 Å². The summed E-state index contributed by atoms with van der Waals surface area (Å²) in [5, 5.41) is 12.1. The van der Waals surface area contributed by atoms with Gasteiger partial charge < -0.3 is 10.1 Å². The van der Waals surface area contributed by atoms with Crippen LogP contribution in [0.15, 0.2) is 54.6 Å². The van der Waals surface area contributed by atoms with E-state index in [4.69, 9.17) is 4.74 Å². The van der Waals surface area contributed by atoms with Crippen LogP contribution < -0.4 is 10.1 Å². The van der Waals surface area contributed by atoms with Crippen LogP contribution in [0.25, 0.3) is 11.1 Å². The van der Waals surface area contributed by atoms with E-state index in [1.54, 1.807) is 13.8 Å². The monoisotopic (exact) mass is 336 g/mol. The van der Waals surface area contributed by atoms with Gasteiger partial charge >= 0.3 is 0 Å². The Bertz CT molecular complexity index is 748. The summed E-state index contributed by atoms with van der Waals surface area (Å²) in [5.74, 6) is 0.314. The number of nitrogens with zero attached hydrogens (tertiary/aromatic N) is 1. The van der Waals surface area contributed by atoms with Crippen molar-refractivity contribution < 1.29 is 9.53 Å². The fraction of sp³-hybridized carbons (Fsp3) is 0.333. The highest BCUT2D eigenvalue weighted by molar-refractivity contribution is 5.82. The zero-order chi connectivity index (χ0) is 18.4. The summed E-state index contributed by atoms with van der Waals surface area (Å²) >= 11 is 0. The summed E-state index contributed by atoms with van der Waals surface area (Å²) < 4.78 is 5.72. The molecule has 2 aromatic carbocycles. The molecule has 2 unspecified atom stereocenters. The number of ether oxygens (including phenoxy) is 1. The maximum Gasteiger partial charge on any atom is 0.262 e. The molecule has 0 heterocycles. The van der Waals surface area contributed by atoms with Crippen molar-refractivity contribution in [1.29, 1.82) is 5.26 Å². The molecule has 130 valence electrons. The van der Waals surface area contributed by atoms with Crippen molar-refractivity contribution in [3.05, 3.63) is 54.6 Å². The van der Waals surface area contributed by atoms with E-state index in [9.17, 15) is 10.1 Å². The Morgan fingerprint density at radius 3 is 2.12 bits per heavy atom. The Hall–Kier alpha value is -2.80. The molecule has 0 spiro atoms. The maximum absolute atomic E-state index is 12.3. The first-order valence-corrected chi connectivity index (χ1v) is 8.41. The van der Waals surface area contributed by atoms with E-state index in [2.05, 4.69) is 11.4 Å². The average Bonchev–Trinajstić information content (AvgIpc) is 2.62. The van der Waals surface area contributed by atoms with Gasteiger partial charge in [-0.05, 0) is 43.0 Å². The molecule has 25 heavy (non-hydrogen) atoms. The zero-order valence-corrected chi connectivity index (χ0v) is 15.1. The van der Waals surface area contributed by atoms with Crippen molar-refractivity contribution in [2.75, 3.05) is 0 Å². The van der Waals surface area contributed by atoms with E-state index in [1.165, 1.54) is 0 Å². The second kappa shape index (κ2) is 7.85. The number of hydrogen-bond acceptors (Lipinski definition) is 3. The van der Waals surface area contributed by atoms with Crippen LogP contribution >= 0.6 is 0 Å². The third-order valence-corrected chi connectivity index (χ3v) is 4.41. The summed E-state index contributed by atoms with van der Waals surface area (Å²) in [7, 11) is 0. The van der Waals surface area contributed by atoms with Gasteiger partial charge in [-0.1, -0.05) is 56.3 Å². The van der Waals surface area contributed by atoms with Gasteiger partial charge in [0.15, 0.2) is 6.10 Å². The summed E-state index contributed by atoms with van der Waals surface area (Å²) in [4.78, 5) is 12.3. The number of amides is 1. The van der Waals surface area contributed by atoms with Crippen LogP contribution in [0.4, 0.5) is 0 Å². The highest BCUT2D eigenvalue weighted by Gasteiger charge is 2.32. The minimum atomic E-state index is -0.911. The van der Waals surface area contributed by atoms with Gasteiger partial charge in [0.1, 0.15) is 11.3 Å². The van der Waals surface area contributed by atoms with Crippen LogP contribution in [0.1, 0.15) is 27.7 Å². The molecule has 0 aliphatic carbocycles. The molecule has 0 aliphatic rings. The molecular weight excluding hydrogens is 312 g/mol. The Morgan fingerprint density at radius 1 is 1.04 bits per heavy atom. The van der Waals surface area contributed by atoms with Gasteiger partial charge in [0, 0.05) is 0 Å². The van der Waals surface area contributed by atoms with Gasteiger partial charge in [-0.15, -0.1) is 0 Å². The molecule has 2 aromatic rings. The second-order valence-electron chi connectivity index (χ2n) is 6.61. The second-order valence-corrected chi connectivity index (χ2v) is 6.61. The van der Waals surface area contributed by atoms with E-state index in [0.717, 1.165) is 11.1 Å². The molecule has 0 fully saturated rings.